The van der Waals surface area contributed by atoms with Crippen molar-refractivity contribution < 1.29 is 0 Å². The standard InChI is InChI=1S/C15H24N6/c1-10(2)15-18-13(16)9-14(19-15)17-6-5-7-21-12(4)8-11(3)20-21/h8-10H,5-7H2,1-4H3,(H3,16,17,18,19). The smallest absolute Gasteiger partial charge is 0.135 e. The fourth-order valence-corrected chi connectivity index (χ4v) is 2.18. The first kappa shape index (κ1) is 15.3. The minimum atomic E-state index is 0.267. The van der Waals surface area contributed by atoms with Crippen LogP contribution in [0.4, 0.5) is 11.6 Å². The van der Waals surface area contributed by atoms with E-state index in [0.29, 0.717) is 5.82 Å². The molecule has 2 aromatic rings. The number of rotatable bonds is 6. The van der Waals surface area contributed by atoms with Crippen LogP contribution in [0.2, 0.25) is 0 Å². The SMILES string of the molecule is Cc1cc(C)n(CCCNc2cc(N)nc(C(C)C)n2)n1. The van der Waals surface area contributed by atoms with E-state index in [2.05, 4.69) is 47.2 Å². The van der Waals surface area contributed by atoms with Crippen LogP contribution in [0.3, 0.4) is 0 Å². The lowest BCUT2D eigenvalue weighted by molar-refractivity contribution is 0.573. The van der Waals surface area contributed by atoms with Crippen LogP contribution in [-0.4, -0.2) is 26.3 Å². The van der Waals surface area contributed by atoms with Crippen molar-refractivity contribution in [3.8, 4) is 0 Å². The monoisotopic (exact) mass is 288 g/mol. The zero-order valence-electron chi connectivity index (χ0n) is 13.2. The van der Waals surface area contributed by atoms with Crippen molar-refractivity contribution in [1.29, 1.82) is 0 Å². The maximum absolute atomic E-state index is 5.81. The summed E-state index contributed by atoms with van der Waals surface area (Å²) in [5, 5.41) is 7.75. The van der Waals surface area contributed by atoms with Crippen LogP contribution in [0.25, 0.3) is 0 Å². The largest absolute Gasteiger partial charge is 0.384 e. The van der Waals surface area contributed by atoms with E-state index in [-0.39, 0.29) is 5.92 Å². The molecule has 0 amide bonds. The summed E-state index contributed by atoms with van der Waals surface area (Å²) < 4.78 is 2.03. The van der Waals surface area contributed by atoms with Gasteiger partial charge in [-0.2, -0.15) is 5.10 Å². The molecule has 114 valence electrons. The van der Waals surface area contributed by atoms with E-state index in [1.807, 2.05) is 11.6 Å². The molecule has 0 aliphatic rings. The predicted molar refractivity (Wildman–Crippen MR) is 85.3 cm³/mol. The normalized spacial score (nSPS) is 11.1. The van der Waals surface area contributed by atoms with Gasteiger partial charge in [-0.05, 0) is 26.3 Å². The van der Waals surface area contributed by atoms with Crippen LogP contribution in [0.15, 0.2) is 12.1 Å². The molecule has 3 N–H and O–H groups in total. The third kappa shape index (κ3) is 4.18. The van der Waals surface area contributed by atoms with Crippen molar-refractivity contribution in [1.82, 2.24) is 19.7 Å². The Morgan fingerprint density at radius 1 is 1.24 bits per heavy atom. The topological polar surface area (TPSA) is 81.7 Å². The van der Waals surface area contributed by atoms with Crippen LogP contribution in [0, 0.1) is 13.8 Å². The highest BCUT2D eigenvalue weighted by Gasteiger charge is 2.06. The number of aromatic nitrogens is 4. The molecule has 0 bridgehead atoms. The zero-order chi connectivity index (χ0) is 15.4. The van der Waals surface area contributed by atoms with Gasteiger partial charge in [0, 0.05) is 30.8 Å². The molecule has 6 heteroatoms. The first-order chi connectivity index (χ1) is 9.95. The van der Waals surface area contributed by atoms with E-state index in [9.17, 15) is 0 Å². The predicted octanol–water partition coefficient (Wildman–Crippen LogP) is 2.50. The molecule has 6 nitrogen and oxygen atoms in total. The molecular weight excluding hydrogens is 264 g/mol. The van der Waals surface area contributed by atoms with E-state index in [4.69, 9.17) is 5.73 Å². The Morgan fingerprint density at radius 2 is 2.00 bits per heavy atom. The first-order valence-electron chi connectivity index (χ1n) is 7.35. The minimum Gasteiger partial charge on any atom is -0.384 e. The Labute approximate surface area is 125 Å². The first-order valence-corrected chi connectivity index (χ1v) is 7.35. The van der Waals surface area contributed by atoms with Crippen LogP contribution >= 0.6 is 0 Å². The van der Waals surface area contributed by atoms with E-state index < -0.39 is 0 Å². The molecule has 0 fully saturated rings. The van der Waals surface area contributed by atoms with Crippen LogP contribution in [0.1, 0.15) is 43.4 Å². The Hall–Kier alpha value is -2.11. The molecule has 0 aromatic carbocycles. The second-order valence-corrected chi connectivity index (χ2v) is 5.62. The summed E-state index contributed by atoms with van der Waals surface area (Å²) in [7, 11) is 0. The number of nitrogen functional groups attached to an aromatic ring is 1. The molecule has 0 unspecified atom stereocenters. The van der Waals surface area contributed by atoms with Gasteiger partial charge in [-0.15, -0.1) is 0 Å². The van der Waals surface area contributed by atoms with Crippen molar-refractivity contribution in [3.05, 3.63) is 29.3 Å². The molecule has 0 aliphatic heterocycles. The van der Waals surface area contributed by atoms with E-state index in [1.54, 1.807) is 6.07 Å². The number of nitrogens with two attached hydrogens (primary N) is 1. The van der Waals surface area contributed by atoms with Gasteiger partial charge in [0.2, 0.25) is 0 Å². The summed E-state index contributed by atoms with van der Waals surface area (Å²) in [6.07, 6.45) is 0.975. The summed E-state index contributed by atoms with van der Waals surface area (Å²) in [6, 6.07) is 3.86. The second kappa shape index (κ2) is 6.56. The average molecular weight is 288 g/mol. The van der Waals surface area contributed by atoms with Gasteiger partial charge >= 0.3 is 0 Å². The Balaban J connectivity index is 1.87. The van der Waals surface area contributed by atoms with E-state index in [1.165, 1.54) is 5.69 Å². The van der Waals surface area contributed by atoms with Gasteiger partial charge < -0.3 is 11.1 Å². The minimum absolute atomic E-state index is 0.267. The average Bonchev–Trinajstić information content (AvgIpc) is 2.72. The van der Waals surface area contributed by atoms with Gasteiger partial charge in [-0.3, -0.25) is 4.68 Å². The van der Waals surface area contributed by atoms with Gasteiger partial charge in [0.25, 0.3) is 0 Å². The lowest BCUT2D eigenvalue weighted by atomic mass is 10.2. The molecule has 0 saturated carbocycles. The van der Waals surface area contributed by atoms with Gasteiger partial charge in [0.1, 0.15) is 17.5 Å². The molecule has 2 rings (SSSR count). The molecule has 0 aliphatic carbocycles. The van der Waals surface area contributed by atoms with Gasteiger partial charge in [-0.25, -0.2) is 9.97 Å². The number of nitrogens with one attached hydrogen (secondary N) is 1. The van der Waals surface area contributed by atoms with Crippen LogP contribution < -0.4 is 11.1 Å². The molecule has 2 aromatic heterocycles. The maximum atomic E-state index is 5.81. The van der Waals surface area contributed by atoms with Crippen molar-refractivity contribution in [2.45, 2.75) is 46.6 Å². The highest BCUT2D eigenvalue weighted by Crippen LogP contribution is 2.15. The molecule has 0 spiro atoms. The van der Waals surface area contributed by atoms with Crippen molar-refractivity contribution in [2.24, 2.45) is 0 Å². The van der Waals surface area contributed by atoms with E-state index in [0.717, 1.165) is 36.8 Å². The third-order valence-electron chi connectivity index (χ3n) is 3.24. The highest BCUT2D eigenvalue weighted by atomic mass is 15.3. The lowest BCUT2D eigenvalue weighted by Crippen LogP contribution is -2.11. The molecular formula is C15H24N6. The Kier molecular flexibility index (Phi) is 4.77. The Bertz CT molecular complexity index is 602. The molecule has 2 heterocycles. The van der Waals surface area contributed by atoms with Gasteiger partial charge in [-0.1, -0.05) is 13.8 Å². The summed E-state index contributed by atoms with van der Waals surface area (Å²) in [5.41, 5.74) is 8.07. The van der Waals surface area contributed by atoms with Gasteiger partial charge in [0.05, 0.1) is 5.69 Å². The number of aryl methyl sites for hydroxylation is 3. The van der Waals surface area contributed by atoms with Crippen LogP contribution in [0.5, 0.6) is 0 Å². The van der Waals surface area contributed by atoms with Crippen molar-refractivity contribution in [2.75, 3.05) is 17.6 Å². The molecule has 21 heavy (non-hydrogen) atoms. The summed E-state index contributed by atoms with van der Waals surface area (Å²) in [6.45, 7) is 9.92. The zero-order valence-corrected chi connectivity index (χ0v) is 13.2. The Morgan fingerprint density at radius 3 is 2.62 bits per heavy atom. The fraction of sp³-hybridized carbons (Fsp3) is 0.533. The number of anilines is 2. The summed E-state index contributed by atoms with van der Waals surface area (Å²) >= 11 is 0. The molecule has 0 atom stereocenters. The van der Waals surface area contributed by atoms with Gasteiger partial charge in [0.15, 0.2) is 0 Å². The highest BCUT2D eigenvalue weighted by molar-refractivity contribution is 5.44. The molecule has 0 radical (unpaired) electrons. The molecule has 0 saturated heterocycles. The quantitative estimate of drug-likeness (QED) is 0.798. The summed E-state index contributed by atoms with van der Waals surface area (Å²) in [4.78, 5) is 8.71. The number of hydrogen-bond acceptors (Lipinski definition) is 5. The van der Waals surface area contributed by atoms with Crippen LogP contribution in [-0.2, 0) is 6.54 Å². The lowest BCUT2D eigenvalue weighted by Gasteiger charge is -2.10. The van der Waals surface area contributed by atoms with Crippen molar-refractivity contribution in [3.63, 3.8) is 0 Å². The third-order valence-corrected chi connectivity index (χ3v) is 3.24. The number of hydrogen-bond donors (Lipinski definition) is 2. The maximum Gasteiger partial charge on any atom is 0.135 e. The number of nitrogens with zero attached hydrogens (tertiary/aromatic N) is 4. The summed E-state index contributed by atoms with van der Waals surface area (Å²) in [5.74, 6) is 2.34. The fourth-order valence-electron chi connectivity index (χ4n) is 2.18. The van der Waals surface area contributed by atoms with E-state index >= 15 is 0 Å². The van der Waals surface area contributed by atoms with Crippen molar-refractivity contribution >= 4 is 11.6 Å². The second-order valence-electron chi connectivity index (χ2n) is 5.62.